The highest BCUT2D eigenvalue weighted by molar-refractivity contribution is 6.17. The zero-order valence-electron chi connectivity index (χ0n) is 15.0. The van der Waals surface area contributed by atoms with Gasteiger partial charge in [-0.25, -0.2) is 4.79 Å². The van der Waals surface area contributed by atoms with Crippen LogP contribution in [-0.2, 0) is 16.0 Å². The molecule has 0 unspecified atom stereocenters. The van der Waals surface area contributed by atoms with Gasteiger partial charge in [0.05, 0.1) is 12.7 Å². The van der Waals surface area contributed by atoms with Crippen molar-refractivity contribution >= 4 is 22.7 Å². The number of para-hydroxylation sites is 1. The molecule has 0 N–H and O–H groups in total. The number of carbonyl (C=O) groups is 2. The number of carbonyl (C=O) groups excluding carboxylic acids is 2. The van der Waals surface area contributed by atoms with E-state index in [4.69, 9.17) is 9.15 Å². The van der Waals surface area contributed by atoms with Crippen molar-refractivity contribution in [1.82, 2.24) is 0 Å². The Bertz CT molecular complexity index is 968. The van der Waals surface area contributed by atoms with E-state index in [2.05, 4.69) is 4.74 Å². The smallest absolute Gasteiger partial charge is 0.343 e. The summed E-state index contributed by atoms with van der Waals surface area (Å²) in [5, 5.41) is 0.818. The zero-order chi connectivity index (χ0) is 18.7. The maximum absolute atomic E-state index is 13.1. The molecule has 0 spiro atoms. The quantitative estimate of drug-likeness (QED) is 0.494. The van der Waals surface area contributed by atoms with E-state index in [9.17, 15) is 9.59 Å². The van der Waals surface area contributed by atoms with Crippen molar-refractivity contribution in [3.63, 3.8) is 0 Å². The molecule has 3 rings (SSSR count). The van der Waals surface area contributed by atoms with Crippen LogP contribution in [0.2, 0.25) is 0 Å². The van der Waals surface area contributed by atoms with E-state index in [1.54, 1.807) is 18.2 Å². The number of esters is 1. The van der Waals surface area contributed by atoms with Crippen molar-refractivity contribution in [2.75, 3.05) is 13.7 Å². The van der Waals surface area contributed by atoms with Crippen LogP contribution in [0.5, 0.6) is 5.75 Å². The highest BCUT2D eigenvalue weighted by Gasteiger charge is 2.21. The summed E-state index contributed by atoms with van der Waals surface area (Å²) in [5.74, 6) is 0.677. The number of ketones is 1. The summed E-state index contributed by atoms with van der Waals surface area (Å²) in [4.78, 5) is 24.3. The molecule has 0 bridgehead atoms. The van der Waals surface area contributed by atoms with Crippen molar-refractivity contribution in [2.45, 2.75) is 20.3 Å². The molecule has 0 amide bonds. The minimum atomic E-state index is -0.456. The number of rotatable bonds is 6. The lowest BCUT2D eigenvalue weighted by Gasteiger charge is -2.09. The molecule has 0 aliphatic heterocycles. The molecule has 3 aromatic rings. The number of hydrogen-bond donors (Lipinski definition) is 0. The fraction of sp³-hybridized carbons (Fsp3) is 0.238. The van der Waals surface area contributed by atoms with Crippen LogP contribution < -0.4 is 4.74 Å². The predicted molar refractivity (Wildman–Crippen MR) is 97.7 cm³/mol. The summed E-state index contributed by atoms with van der Waals surface area (Å²) in [6.07, 6.45) is 0.634. The van der Waals surface area contributed by atoms with E-state index >= 15 is 0 Å². The fourth-order valence-electron chi connectivity index (χ4n) is 2.89. The van der Waals surface area contributed by atoms with Crippen molar-refractivity contribution in [3.05, 3.63) is 64.9 Å². The maximum Gasteiger partial charge on any atom is 0.343 e. The second kappa shape index (κ2) is 7.44. The van der Waals surface area contributed by atoms with Crippen LogP contribution in [0, 0.1) is 6.92 Å². The summed E-state index contributed by atoms with van der Waals surface area (Å²) in [7, 11) is 1.31. The van der Waals surface area contributed by atoms with Gasteiger partial charge in [-0.05, 0) is 36.8 Å². The van der Waals surface area contributed by atoms with E-state index in [1.165, 1.54) is 7.11 Å². The Morgan fingerprint density at radius 2 is 1.88 bits per heavy atom. The van der Waals surface area contributed by atoms with Crippen molar-refractivity contribution in [2.24, 2.45) is 0 Å². The Hall–Kier alpha value is -3.08. The van der Waals surface area contributed by atoms with Crippen molar-refractivity contribution in [3.8, 4) is 5.75 Å². The van der Waals surface area contributed by atoms with Crippen molar-refractivity contribution < 1.29 is 23.5 Å². The summed E-state index contributed by atoms with van der Waals surface area (Å²) in [5.41, 5.74) is 2.63. The number of aryl methyl sites for hydroxylation is 2. The number of methoxy groups -OCH3 is 1. The molecule has 0 saturated carbocycles. The lowest BCUT2D eigenvalue weighted by molar-refractivity contribution is -0.142. The molecule has 1 aromatic heterocycles. The normalized spacial score (nSPS) is 10.7. The SMILES string of the molecule is CCc1oc2ccccc2c1C(=O)c1ccc(OCC(=O)OC)c(C)c1. The van der Waals surface area contributed by atoms with Crippen LogP contribution >= 0.6 is 0 Å². The molecule has 0 radical (unpaired) electrons. The second-order valence-corrected chi connectivity index (χ2v) is 5.92. The van der Waals surface area contributed by atoms with Crippen LogP contribution in [0.15, 0.2) is 46.9 Å². The first-order valence-electron chi connectivity index (χ1n) is 8.40. The van der Waals surface area contributed by atoms with Gasteiger partial charge in [0.25, 0.3) is 0 Å². The van der Waals surface area contributed by atoms with Gasteiger partial charge < -0.3 is 13.9 Å². The first kappa shape index (κ1) is 17.7. The Morgan fingerprint density at radius 3 is 2.58 bits per heavy atom. The van der Waals surface area contributed by atoms with Crippen LogP contribution in [0.1, 0.15) is 34.2 Å². The third-order valence-electron chi connectivity index (χ3n) is 4.23. The van der Waals surface area contributed by atoms with E-state index in [0.29, 0.717) is 34.6 Å². The van der Waals surface area contributed by atoms with Gasteiger partial charge in [0.15, 0.2) is 12.4 Å². The van der Waals surface area contributed by atoms with Gasteiger partial charge in [-0.2, -0.15) is 0 Å². The van der Waals surface area contributed by atoms with Gasteiger partial charge in [0.1, 0.15) is 17.1 Å². The molecule has 2 aromatic carbocycles. The molecule has 0 fully saturated rings. The summed E-state index contributed by atoms with van der Waals surface area (Å²) in [6.45, 7) is 3.62. The third kappa shape index (κ3) is 3.33. The van der Waals surface area contributed by atoms with Crippen LogP contribution in [0.3, 0.4) is 0 Å². The fourth-order valence-corrected chi connectivity index (χ4v) is 2.89. The molecule has 26 heavy (non-hydrogen) atoms. The van der Waals surface area contributed by atoms with Gasteiger partial charge in [0.2, 0.25) is 0 Å². The Labute approximate surface area is 151 Å². The van der Waals surface area contributed by atoms with E-state index in [1.807, 2.05) is 38.1 Å². The van der Waals surface area contributed by atoms with Crippen LogP contribution in [-0.4, -0.2) is 25.5 Å². The molecule has 5 heteroatoms. The number of ether oxygens (including phenoxy) is 2. The molecular weight excluding hydrogens is 332 g/mol. The van der Waals surface area contributed by atoms with Gasteiger partial charge >= 0.3 is 5.97 Å². The Balaban J connectivity index is 1.94. The second-order valence-electron chi connectivity index (χ2n) is 5.92. The summed E-state index contributed by atoms with van der Waals surface area (Å²) >= 11 is 0. The van der Waals surface area contributed by atoms with Gasteiger partial charge in [-0.1, -0.05) is 25.1 Å². The van der Waals surface area contributed by atoms with Gasteiger partial charge in [-0.3, -0.25) is 4.79 Å². The minimum absolute atomic E-state index is 0.0885. The molecule has 0 aliphatic rings. The molecular formula is C21H20O5. The molecule has 0 aliphatic carbocycles. The highest BCUT2D eigenvalue weighted by Crippen LogP contribution is 2.29. The topological polar surface area (TPSA) is 65.7 Å². The number of fused-ring (bicyclic) bond motifs is 1. The summed E-state index contributed by atoms with van der Waals surface area (Å²) in [6, 6.07) is 12.7. The van der Waals surface area contributed by atoms with Crippen LogP contribution in [0.4, 0.5) is 0 Å². The summed E-state index contributed by atoms with van der Waals surface area (Å²) < 4.78 is 15.8. The lowest BCUT2D eigenvalue weighted by Crippen LogP contribution is -2.13. The zero-order valence-corrected chi connectivity index (χ0v) is 15.0. The van der Waals surface area contributed by atoms with E-state index < -0.39 is 5.97 Å². The molecule has 1 heterocycles. The average Bonchev–Trinajstić information content (AvgIpc) is 3.04. The number of furan rings is 1. The monoisotopic (exact) mass is 352 g/mol. The molecule has 0 atom stereocenters. The molecule has 134 valence electrons. The number of hydrogen-bond acceptors (Lipinski definition) is 5. The number of benzene rings is 2. The Kier molecular flexibility index (Phi) is 5.07. The van der Waals surface area contributed by atoms with Crippen molar-refractivity contribution in [1.29, 1.82) is 0 Å². The van der Waals surface area contributed by atoms with Crippen LogP contribution in [0.25, 0.3) is 11.0 Å². The van der Waals surface area contributed by atoms with Gasteiger partial charge in [-0.15, -0.1) is 0 Å². The largest absolute Gasteiger partial charge is 0.482 e. The highest BCUT2D eigenvalue weighted by atomic mass is 16.6. The average molecular weight is 352 g/mol. The molecule has 5 nitrogen and oxygen atoms in total. The minimum Gasteiger partial charge on any atom is -0.482 e. The first-order chi connectivity index (χ1) is 12.5. The lowest BCUT2D eigenvalue weighted by atomic mass is 9.98. The Morgan fingerprint density at radius 1 is 1.12 bits per heavy atom. The van der Waals surface area contributed by atoms with E-state index in [0.717, 1.165) is 10.9 Å². The third-order valence-corrected chi connectivity index (χ3v) is 4.23. The predicted octanol–water partition coefficient (Wildman–Crippen LogP) is 4.09. The van der Waals surface area contributed by atoms with Gasteiger partial charge in [0, 0.05) is 17.4 Å². The van der Waals surface area contributed by atoms with E-state index in [-0.39, 0.29) is 12.4 Å². The maximum atomic E-state index is 13.1. The molecule has 0 saturated heterocycles. The standard InChI is InChI=1S/C21H20O5/c1-4-16-20(15-7-5-6-8-18(15)26-16)21(23)14-9-10-17(13(2)11-14)25-12-19(22)24-3/h5-11H,4,12H2,1-3H3. The first-order valence-corrected chi connectivity index (χ1v) is 8.40.